The van der Waals surface area contributed by atoms with Crippen molar-refractivity contribution < 1.29 is 19.3 Å². The van der Waals surface area contributed by atoms with E-state index < -0.39 is 30.1 Å². The lowest BCUT2D eigenvalue weighted by atomic mass is 9.80. The van der Waals surface area contributed by atoms with Crippen molar-refractivity contribution in [3.05, 3.63) is 125 Å². The maximum Gasteiger partial charge on any atom is 0.301 e. The first-order valence-corrected chi connectivity index (χ1v) is 11.6. The summed E-state index contributed by atoms with van der Waals surface area (Å²) in [4.78, 5) is 4.08. The van der Waals surface area contributed by atoms with Gasteiger partial charge in [0, 0.05) is 6.20 Å². The molecule has 4 aromatic rings. The molecule has 0 spiro atoms. The van der Waals surface area contributed by atoms with Gasteiger partial charge in [0.2, 0.25) is 0 Å². The van der Waals surface area contributed by atoms with Gasteiger partial charge in [0.25, 0.3) is 0 Å². The van der Waals surface area contributed by atoms with Gasteiger partial charge >= 0.3 is 6.01 Å². The number of fused-ring (bicyclic) bond motifs is 3. The predicted octanol–water partition coefficient (Wildman–Crippen LogP) is 3.39. The molecule has 1 saturated heterocycles. The molecule has 0 amide bonds. The molecule has 35 heavy (non-hydrogen) atoms. The third-order valence-electron chi connectivity index (χ3n) is 6.66. The summed E-state index contributed by atoms with van der Waals surface area (Å²) >= 11 is 0. The molecule has 7 heteroatoms. The Kier molecular flexibility index (Phi) is 5.45. The number of aliphatic hydroxyl groups is 1. The minimum Gasteiger partial charge on any atom is -0.454 e. The van der Waals surface area contributed by atoms with Crippen LogP contribution in [0.15, 0.2) is 103 Å². The van der Waals surface area contributed by atoms with Crippen molar-refractivity contribution in [1.29, 1.82) is 5.41 Å². The second kappa shape index (κ2) is 8.78. The van der Waals surface area contributed by atoms with Crippen molar-refractivity contribution in [2.75, 3.05) is 6.61 Å². The molecule has 0 radical (unpaired) electrons. The molecule has 1 aromatic heterocycles. The standard InChI is InChI=1S/C28H25N3O4/c29-23-16-17-31-26-25(35-27(31)30-23)24(32)22(34-26)18-33-28(19-10-4-1-5-11-19,20-12-6-2-7-13-20)21-14-8-3-9-15-21/h1-17,22,24-26,29,32H,18H2/t22-,24-,25+,26-/m1/s1. The summed E-state index contributed by atoms with van der Waals surface area (Å²) in [6, 6.07) is 32.1. The third kappa shape index (κ3) is 3.65. The highest BCUT2D eigenvalue weighted by Gasteiger charge is 2.52. The zero-order valence-corrected chi connectivity index (χ0v) is 18.9. The summed E-state index contributed by atoms with van der Waals surface area (Å²) < 4.78 is 20.6. The highest BCUT2D eigenvalue weighted by atomic mass is 16.6. The van der Waals surface area contributed by atoms with Crippen molar-refractivity contribution in [1.82, 2.24) is 9.55 Å². The molecule has 0 bridgehead atoms. The van der Waals surface area contributed by atoms with E-state index in [0.717, 1.165) is 16.7 Å². The number of ether oxygens (including phenoxy) is 3. The van der Waals surface area contributed by atoms with Gasteiger partial charge in [-0.1, -0.05) is 91.0 Å². The molecule has 2 aliphatic rings. The van der Waals surface area contributed by atoms with Crippen LogP contribution in [0.3, 0.4) is 0 Å². The lowest BCUT2D eigenvalue weighted by molar-refractivity contribution is -0.0936. The molecule has 4 atom stereocenters. The highest BCUT2D eigenvalue weighted by molar-refractivity contribution is 5.47. The fraction of sp³-hybridized carbons (Fsp3) is 0.214. The van der Waals surface area contributed by atoms with Gasteiger partial charge in [0.1, 0.15) is 17.8 Å². The second-order valence-electron chi connectivity index (χ2n) is 8.73. The molecule has 6 rings (SSSR count). The van der Waals surface area contributed by atoms with Crippen LogP contribution >= 0.6 is 0 Å². The number of benzene rings is 3. The Morgan fingerprint density at radius 3 is 1.94 bits per heavy atom. The average molecular weight is 468 g/mol. The molecule has 3 aromatic carbocycles. The largest absolute Gasteiger partial charge is 0.454 e. The van der Waals surface area contributed by atoms with Crippen LogP contribution < -0.4 is 10.2 Å². The molecular weight excluding hydrogens is 442 g/mol. The smallest absolute Gasteiger partial charge is 0.301 e. The van der Waals surface area contributed by atoms with Crippen molar-refractivity contribution in [2.45, 2.75) is 30.1 Å². The summed E-state index contributed by atoms with van der Waals surface area (Å²) in [5.41, 5.74) is 2.14. The van der Waals surface area contributed by atoms with E-state index >= 15 is 0 Å². The third-order valence-corrected chi connectivity index (χ3v) is 6.66. The molecule has 2 N–H and O–H groups in total. The lowest BCUT2D eigenvalue weighted by Gasteiger charge is -2.37. The monoisotopic (exact) mass is 467 g/mol. The molecular formula is C28H25N3O4. The summed E-state index contributed by atoms with van der Waals surface area (Å²) in [6.45, 7) is 0.135. The zero-order chi connectivity index (χ0) is 23.8. The number of rotatable bonds is 6. The fourth-order valence-electron chi connectivity index (χ4n) is 5.00. The molecule has 0 aliphatic carbocycles. The quantitative estimate of drug-likeness (QED) is 0.425. The zero-order valence-electron chi connectivity index (χ0n) is 18.9. The van der Waals surface area contributed by atoms with Crippen LogP contribution in [0.25, 0.3) is 0 Å². The maximum absolute atomic E-state index is 11.1. The Balaban J connectivity index is 1.37. The number of hydrogen-bond donors (Lipinski definition) is 2. The number of aromatic nitrogens is 2. The van der Waals surface area contributed by atoms with Gasteiger partial charge in [-0.05, 0) is 22.8 Å². The average Bonchev–Trinajstić information content (AvgIpc) is 3.41. The van der Waals surface area contributed by atoms with Gasteiger partial charge in [-0.25, -0.2) is 0 Å². The van der Waals surface area contributed by atoms with E-state index in [1.807, 2.05) is 54.6 Å². The topological polar surface area (TPSA) is 89.6 Å². The van der Waals surface area contributed by atoms with Crippen LogP contribution in [0.2, 0.25) is 0 Å². The number of hydrogen-bond acceptors (Lipinski definition) is 6. The van der Waals surface area contributed by atoms with Crippen LogP contribution in [-0.4, -0.2) is 39.6 Å². The first kappa shape index (κ1) is 21.7. The van der Waals surface area contributed by atoms with E-state index in [4.69, 9.17) is 19.6 Å². The summed E-state index contributed by atoms with van der Waals surface area (Å²) in [6.07, 6.45) is -0.973. The second-order valence-corrected chi connectivity index (χ2v) is 8.73. The molecule has 176 valence electrons. The van der Waals surface area contributed by atoms with Gasteiger partial charge < -0.3 is 19.3 Å². The van der Waals surface area contributed by atoms with Crippen LogP contribution in [-0.2, 0) is 15.1 Å². The molecule has 7 nitrogen and oxygen atoms in total. The van der Waals surface area contributed by atoms with E-state index in [1.54, 1.807) is 16.8 Å². The SMILES string of the molecule is N=c1ccn2c(n1)O[C@H]1[C@H](O)[C@@H](COC(c3ccccc3)(c3ccccc3)c3ccccc3)O[C@H]12. The minimum absolute atomic E-state index is 0.101. The van der Waals surface area contributed by atoms with E-state index in [-0.39, 0.29) is 18.1 Å². The van der Waals surface area contributed by atoms with Crippen molar-refractivity contribution in [3.63, 3.8) is 0 Å². The van der Waals surface area contributed by atoms with Crippen LogP contribution in [0.4, 0.5) is 0 Å². The number of aliphatic hydroxyl groups excluding tert-OH is 1. The first-order valence-electron chi connectivity index (χ1n) is 11.6. The summed E-state index contributed by atoms with van der Waals surface area (Å²) in [5.74, 6) is 0. The Hall–Kier alpha value is -3.78. The number of nitrogens with zero attached hydrogens (tertiary/aromatic N) is 2. The Labute approximate surface area is 202 Å². The van der Waals surface area contributed by atoms with Crippen LogP contribution in [0.1, 0.15) is 22.9 Å². The summed E-state index contributed by atoms with van der Waals surface area (Å²) in [5, 5.41) is 18.8. The Bertz CT molecular complexity index is 1260. The maximum atomic E-state index is 11.1. The molecule has 0 saturated carbocycles. The normalized spacial score (nSPS) is 22.9. The van der Waals surface area contributed by atoms with Gasteiger partial charge in [-0.2, -0.15) is 4.98 Å². The highest BCUT2D eigenvalue weighted by Crippen LogP contribution is 2.43. The van der Waals surface area contributed by atoms with E-state index in [0.29, 0.717) is 0 Å². The van der Waals surface area contributed by atoms with Gasteiger partial charge in [-0.3, -0.25) is 9.98 Å². The van der Waals surface area contributed by atoms with E-state index in [9.17, 15) is 5.11 Å². The van der Waals surface area contributed by atoms with Gasteiger partial charge in [0.05, 0.1) is 6.61 Å². The first-order chi connectivity index (χ1) is 17.2. The van der Waals surface area contributed by atoms with Crippen molar-refractivity contribution in [2.24, 2.45) is 0 Å². The van der Waals surface area contributed by atoms with E-state index in [1.165, 1.54) is 0 Å². The Morgan fingerprint density at radius 2 is 1.40 bits per heavy atom. The molecule has 1 fully saturated rings. The van der Waals surface area contributed by atoms with Gasteiger partial charge in [0.15, 0.2) is 17.8 Å². The molecule has 0 unspecified atom stereocenters. The summed E-state index contributed by atoms with van der Waals surface area (Å²) in [7, 11) is 0. The number of nitrogens with one attached hydrogen (secondary N) is 1. The van der Waals surface area contributed by atoms with Crippen LogP contribution in [0.5, 0.6) is 6.01 Å². The predicted molar refractivity (Wildman–Crippen MR) is 128 cm³/mol. The van der Waals surface area contributed by atoms with Crippen molar-refractivity contribution >= 4 is 0 Å². The Morgan fingerprint density at radius 1 is 0.857 bits per heavy atom. The minimum atomic E-state index is -0.920. The van der Waals surface area contributed by atoms with Gasteiger partial charge in [-0.15, -0.1) is 0 Å². The van der Waals surface area contributed by atoms with Crippen LogP contribution in [0, 0.1) is 5.41 Å². The fourth-order valence-corrected chi connectivity index (χ4v) is 5.00. The molecule has 2 aliphatic heterocycles. The molecule has 3 heterocycles. The lowest BCUT2D eigenvalue weighted by Crippen LogP contribution is -2.40. The van der Waals surface area contributed by atoms with Crippen molar-refractivity contribution in [3.8, 4) is 6.01 Å². The van der Waals surface area contributed by atoms with E-state index in [2.05, 4.69) is 41.4 Å².